The van der Waals surface area contributed by atoms with Crippen LogP contribution in [0.15, 0.2) is 63.3 Å². The number of aliphatic carboxylic acids is 1. The van der Waals surface area contributed by atoms with E-state index in [9.17, 15) is 19.5 Å². The topological polar surface area (TPSA) is 110 Å². The number of thioether (sulfide) groups is 1. The van der Waals surface area contributed by atoms with Gasteiger partial charge in [0.2, 0.25) is 0 Å². The molecule has 0 bridgehead atoms. The summed E-state index contributed by atoms with van der Waals surface area (Å²) >= 11 is 1.43. The first kappa shape index (κ1) is 22.8. The standard InChI is InChI=1S/C24H26N4O4S/c1-24(2,3)19(21(30)31)28-18-12-7-6-11-17(18)26-23(28)33-14-8-13-27-20(29)15-9-4-5-10-16(15)25-22(27)32/h4-7,9-12,19H,8,13-14H2,1-3H3,(H,25,32)(H,30,31). The molecule has 0 amide bonds. The van der Waals surface area contributed by atoms with Gasteiger partial charge in [-0.1, -0.05) is 56.8 Å². The van der Waals surface area contributed by atoms with Gasteiger partial charge in [0, 0.05) is 12.3 Å². The molecule has 172 valence electrons. The summed E-state index contributed by atoms with van der Waals surface area (Å²) < 4.78 is 3.00. The Morgan fingerprint density at radius 3 is 2.55 bits per heavy atom. The number of carbonyl (C=O) groups is 1. The minimum atomic E-state index is -0.915. The molecule has 9 heteroatoms. The van der Waals surface area contributed by atoms with Gasteiger partial charge in [-0.05, 0) is 36.1 Å². The van der Waals surface area contributed by atoms with Gasteiger partial charge in [0.05, 0.1) is 21.9 Å². The third kappa shape index (κ3) is 4.45. The maximum absolute atomic E-state index is 12.7. The van der Waals surface area contributed by atoms with Crippen LogP contribution in [0.5, 0.6) is 0 Å². The summed E-state index contributed by atoms with van der Waals surface area (Å²) in [6.45, 7) is 5.95. The van der Waals surface area contributed by atoms with E-state index < -0.39 is 23.1 Å². The van der Waals surface area contributed by atoms with Crippen LogP contribution in [-0.2, 0) is 11.3 Å². The molecular formula is C24H26N4O4S. The number of H-pyrrole nitrogens is 1. The van der Waals surface area contributed by atoms with E-state index in [1.165, 1.54) is 16.3 Å². The Hall–Kier alpha value is -3.33. The summed E-state index contributed by atoms with van der Waals surface area (Å²) in [6, 6.07) is 13.6. The zero-order valence-corrected chi connectivity index (χ0v) is 19.6. The highest BCUT2D eigenvalue weighted by atomic mass is 32.2. The van der Waals surface area contributed by atoms with E-state index in [4.69, 9.17) is 0 Å². The number of carboxylic acids is 1. The van der Waals surface area contributed by atoms with Gasteiger partial charge in [0.1, 0.15) is 6.04 Å². The molecule has 1 atom stereocenters. The molecule has 8 nitrogen and oxygen atoms in total. The molecule has 4 rings (SSSR count). The van der Waals surface area contributed by atoms with Crippen molar-refractivity contribution in [3.63, 3.8) is 0 Å². The van der Waals surface area contributed by atoms with Crippen molar-refractivity contribution >= 4 is 39.7 Å². The van der Waals surface area contributed by atoms with Gasteiger partial charge in [-0.15, -0.1) is 0 Å². The Morgan fingerprint density at radius 2 is 1.82 bits per heavy atom. The van der Waals surface area contributed by atoms with E-state index in [1.54, 1.807) is 28.8 Å². The molecule has 2 heterocycles. The fraction of sp³-hybridized carbons (Fsp3) is 0.333. The number of nitrogens with zero attached hydrogens (tertiary/aromatic N) is 3. The normalized spacial score (nSPS) is 12.9. The lowest BCUT2D eigenvalue weighted by molar-refractivity contribution is -0.144. The average molecular weight is 467 g/mol. The van der Waals surface area contributed by atoms with Crippen molar-refractivity contribution in [1.29, 1.82) is 0 Å². The number of hydrogen-bond donors (Lipinski definition) is 2. The van der Waals surface area contributed by atoms with Gasteiger partial charge in [0.15, 0.2) is 5.16 Å². The summed E-state index contributed by atoms with van der Waals surface area (Å²) in [6.07, 6.45) is 0.544. The first-order valence-electron chi connectivity index (χ1n) is 10.7. The predicted octanol–water partition coefficient (Wildman–Crippen LogP) is 3.89. The molecule has 0 aliphatic rings. The Bertz CT molecular complexity index is 1440. The molecule has 4 aromatic rings. The van der Waals surface area contributed by atoms with Crippen molar-refractivity contribution in [1.82, 2.24) is 19.1 Å². The number of benzene rings is 2. The van der Waals surface area contributed by atoms with E-state index in [0.717, 1.165) is 11.0 Å². The van der Waals surface area contributed by atoms with Gasteiger partial charge >= 0.3 is 11.7 Å². The van der Waals surface area contributed by atoms with Crippen molar-refractivity contribution in [2.24, 2.45) is 5.41 Å². The molecule has 2 aromatic heterocycles. The largest absolute Gasteiger partial charge is 0.480 e. The fourth-order valence-corrected chi connectivity index (χ4v) is 4.99. The summed E-state index contributed by atoms with van der Waals surface area (Å²) in [7, 11) is 0. The Labute approximate surface area is 194 Å². The van der Waals surface area contributed by atoms with Gasteiger partial charge in [0.25, 0.3) is 5.56 Å². The molecule has 2 aromatic carbocycles. The molecule has 0 aliphatic heterocycles. The summed E-state index contributed by atoms with van der Waals surface area (Å²) in [5, 5.41) is 11.1. The number of aromatic amines is 1. The average Bonchev–Trinajstić information content (AvgIpc) is 3.10. The number of para-hydroxylation sites is 3. The number of nitrogens with one attached hydrogen (secondary N) is 1. The van der Waals surface area contributed by atoms with Crippen LogP contribution < -0.4 is 11.2 Å². The highest BCUT2D eigenvalue weighted by Gasteiger charge is 2.35. The molecule has 0 saturated carbocycles. The zero-order valence-electron chi connectivity index (χ0n) is 18.7. The number of fused-ring (bicyclic) bond motifs is 2. The van der Waals surface area contributed by atoms with Gasteiger partial charge < -0.3 is 14.7 Å². The highest BCUT2D eigenvalue weighted by molar-refractivity contribution is 7.99. The first-order valence-corrected chi connectivity index (χ1v) is 11.7. The number of carboxylic acid groups (broad SMARTS) is 1. The van der Waals surface area contributed by atoms with Crippen LogP contribution in [0.2, 0.25) is 0 Å². The van der Waals surface area contributed by atoms with Gasteiger partial charge in [-0.25, -0.2) is 14.6 Å². The fourth-order valence-electron chi connectivity index (χ4n) is 4.03. The number of rotatable bonds is 7. The molecule has 0 aliphatic carbocycles. The van der Waals surface area contributed by atoms with Gasteiger partial charge in [-0.2, -0.15) is 0 Å². The minimum absolute atomic E-state index is 0.258. The van der Waals surface area contributed by atoms with Crippen LogP contribution in [0.4, 0.5) is 0 Å². The van der Waals surface area contributed by atoms with E-state index in [1.807, 2.05) is 45.0 Å². The van der Waals surface area contributed by atoms with Crippen LogP contribution in [0, 0.1) is 5.41 Å². The second kappa shape index (κ2) is 8.90. The van der Waals surface area contributed by atoms with Crippen LogP contribution in [0.3, 0.4) is 0 Å². The van der Waals surface area contributed by atoms with Crippen molar-refractivity contribution < 1.29 is 9.90 Å². The summed E-state index contributed by atoms with van der Waals surface area (Å²) in [5.74, 6) is -0.347. The Kier molecular flexibility index (Phi) is 6.16. The third-order valence-corrected chi connectivity index (χ3v) is 6.56. The lowest BCUT2D eigenvalue weighted by Crippen LogP contribution is -2.35. The van der Waals surface area contributed by atoms with Gasteiger partial charge in [-0.3, -0.25) is 9.36 Å². The van der Waals surface area contributed by atoms with E-state index in [0.29, 0.717) is 28.2 Å². The summed E-state index contributed by atoms with van der Waals surface area (Å²) in [4.78, 5) is 44.7. The van der Waals surface area contributed by atoms with E-state index >= 15 is 0 Å². The maximum Gasteiger partial charge on any atom is 0.328 e. The van der Waals surface area contributed by atoms with Crippen molar-refractivity contribution in [3.8, 4) is 0 Å². The molecule has 33 heavy (non-hydrogen) atoms. The lowest BCUT2D eigenvalue weighted by atomic mass is 9.86. The Morgan fingerprint density at radius 1 is 1.12 bits per heavy atom. The van der Waals surface area contributed by atoms with E-state index in [-0.39, 0.29) is 12.1 Å². The number of imidazole rings is 1. The molecule has 1 unspecified atom stereocenters. The Balaban J connectivity index is 1.59. The van der Waals surface area contributed by atoms with Crippen molar-refractivity contribution in [2.75, 3.05) is 5.75 Å². The molecular weight excluding hydrogens is 440 g/mol. The molecule has 0 saturated heterocycles. The smallest absolute Gasteiger partial charge is 0.328 e. The quantitative estimate of drug-likeness (QED) is 0.316. The number of hydrogen-bond acceptors (Lipinski definition) is 5. The highest BCUT2D eigenvalue weighted by Crippen LogP contribution is 2.37. The minimum Gasteiger partial charge on any atom is -0.480 e. The van der Waals surface area contributed by atoms with Crippen molar-refractivity contribution in [3.05, 3.63) is 69.4 Å². The predicted molar refractivity (Wildman–Crippen MR) is 130 cm³/mol. The zero-order chi connectivity index (χ0) is 23.8. The van der Waals surface area contributed by atoms with Crippen molar-refractivity contribution in [2.45, 2.75) is 44.9 Å². The van der Waals surface area contributed by atoms with Crippen LogP contribution >= 0.6 is 11.8 Å². The molecule has 0 fully saturated rings. The van der Waals surface area contributed by atoms with E-state index in [2.05, 4.69) is 9.97 Å². The number of aromatic nitrogens is 4. The SMILES string of the molecule is CC(C)(C)C(C(=O)O)n1c(SCCCn2c(=O)[nH]c3ccccc3c2=O)nc2ccccc21. The molecule has 0 radical (unpaired) electrons. The lowest BCUT2D eigenvalue weighted by Gasteiger charge is -2.29. The monoisotopic (exact) mass is 466 g/mol. The van der Waals surface area contributed by atoms with Crippen LogP contribution in [0.25, 0.3) is 21.9 Å². The second-order valence-electron chi connectivity index (χ2n) is 8.99. The molecule has 0 spiro atoms. The maximum atomic E-state index is 12.7. The van der Waals surface area contributed by atoms with Crippen LogP contribution in [0.1, 0.15) is 33.2 Å². The third-order valence-electron chi connectivity index (χ3n) is 5.52. The first-order chi connectivity index (χ1) is 15.7. The summed E-state index contributed by atoms with van der Waals surface area (Å²) in [5.41, 5.74) is 0.742. The van der Waals surface area contributed by atoms with Crippen LogP contribution in [-0.4, -0.2) is 35.9 Å². The second-order valence-corrected chi connectivity index (χ2v) is 10.1. The molecule has 2 N–H and O–H groups in total.